The van der Waals surface area contributed by atoms with Gasteiger partial charge >= 0.3 is 0 Å². The molecule has 126 valence electrons. The molecular formula is C14H23NO6S. The predicted molar refractivity (Wildman–Crippen MR) is 81.8 cm³/mol. The Bertz CT molecular complexity index is 587. The molecule has 0 fully saturated rings. The van der Waals surface area contributed by atoms with E-state index in [1.807, 2.05) is 0 Å². The third-order valence-corrected chi connectivity index (χ3v) is 5.25. The number of hydrogen-bond donors (Lipinski definition) is 2. The van der Waals surface area contributed by atoms with Crippen molar-refractivity contribution in [1.29, 1.82) is 0 Å². The van der Waals surface area contributed by atoms with Crippen molar-refractivity contribution < 1.29 is 28.1 Å². The van der Waals surface area contributed by atoms with Gasteiger partial charge in [-0.2, -0.15) is 4.31 Å². The molecule has 0 unspecified atom stereocenters. The number of methoxy groups -OCH3 is 2. The van der Waals surface area contributed by atoms with E-state index in [9.17, 15) is 8.42 Å². The summed E-state index contributed by atoms with van der Waals surface area (Å²) in [6, 6.07) is 3.00. The minimum Gasteiger partial charge on any atom is -0.493 e. The first-order valence-corrected chi connectivity index (χ1v) is 8.30. The molecule has 0 amide bonds. The normalized spacial score (nSPS) is 11.7. The molecule has 0 aromatic heterocycles. The number of sulfonamides is 1. The van der Waals surface area contributed by atoms with Crippen LogP contribution in [0.25, 0.3) is 0 Å². The fourth-order valence-electron chi connectivity index (χ4n) is 2.09. The summed E-state index contributed by atoms with van der Waals surface area (Å²) in [4.78, 5) is 0.0940. The van der Waals surface area contributed by atoms with E-state index in [4.69, 9.17) is 19.7 Å². The monoisotopic (exact) mass is 333 g/mol. The molecule has 0 saturated carbocycles. The molecule has 0 atom stereocenters. The van der Waals surface area contributed by atoms with Gasteiger partial charge in [-0.25, -0.2) is 8.42 Å². The van der Waals surface area contributed by atoms with Crippen molar-refractivity contribution in [1.82, 2.24) is 4.31 Å². The molecule has 22 heavy (non-hydrogen) atoms. The molecule has 0 radical (unpaired) electrons. The van der Waals surface area contributed by atoms with Gasteiger partial charge in [-0.05, 0) is 25.0 Å². The van der Waals surface area contributed by atoms with Gasteiger partial charge in [-0.1, -0.05) is 0 Å². The van der Waals surface area contributed by atoms with Crippen LogP contribution in [0.1, 0.15) is 12.0 Å². The molecular weight excluding hydrogens is 310 g/mol. The van der Waals surface area contributed by atoms with E-state index in [2.05, 4.69) is 0 Å². The Kier molecular flexibility index (Phi) is 7.08. The average Bonchev–Trinajstić information content (AvgIpc) is 2.50. The van der Waals surface area contributed by atoms with Gasteiger partial charge in [-0.15, -0.1) is 0 Å². The highest BCUT2D eigenvalue weighted by molar-refractivity contribution is 7.89. The van der Waals surface area contributed by atoms with E-state index in [-0.39, 0.29) is 31.2 Å². The van der Waals surface area contributed by atoms with Crippen LogP contribution in [0, 0.1) is 6.92 Å². The first-order chi connectivity index (χ1) is 10.4. The van der Waals surface area contributed by atoms with Crippen molar-refractivity contribution in [3.05, 3.63) is 17.7 Å². The van der Waals surface area contributed by atoms with E-state index in [1.165, 1.54) is 20.3 Å². The second-order valence-corrected chi connectivity index (χ2v) is 6.58. The topological polar surface area (TPSA) is 96.3 Å². The third kappa shape index (κ3) is 4.10. The lowest BCUT2D eigenvalue weighted by atomic mass is 10.2. The molecule has 0 bridgehead atoms. The summed E-state index contributed by atoms with van der Waals surface area (Å²) in [5.41, 5.74) is 0.518. The van der Waals surface area contributed by atoms with E-state index < -0.39 is 10.0 Å². The Morgan fingerprint density at radius 3 is 2.14 bits per heavy atom. The summed E-state index contributed by atoms with van der Waals surface area (Å²) in [6.45, 7) is 1.35. The van der Waals surface area contributed by atoms with Crippen LogP contribution < -0.4 is 9.47 Å². The van der Waals surface area contributed by atoms with Gasteiger partial charge in [0.1, 0.15) is 0 Å². The number of aryl methyl sites for hydroxylation is 1. The maximum absolute atomic E-state index is 12.8. The van der Waals surface area contributed by atoms with Gasteiger partial charge in [0.15, 0.2) is 11.5 Å². The highest BCUT2D eigenvalue weighted by Gasteiger charge is 2.27. The summed E-state index contributed by atoms with van der Waals surface area (Å²) >= 11 is 0. The van der Waals surface area contributed by atoms with Crippen molar-refractivity contribution in [3.63, 3.8) is 0 Å². The Hall–Kier alpha value is -1.35. The number of ether oxygens (including phenoxy) is 2. The van der Waals surface area contributed by atoms with Crippen LogP contribution in [0.3, 0.4) is 0 Å². The zero-order chi connectivity index (χ0) is 16.8. The first-order valence-electron chi connectivity index (χ1n) is 6.86. The van der Waals surface area contributed by atoms with Crippen molar-refractivity contribution in [3.8, 4) is 11.5 Å². The first kappa shape index (κ1) is 18.7. The molecule has 1 aromatic rings. The highest BCUT2D eigenvalue weighted by Crippen LogP contribution is 2.33. The Morgan fingerprint density at radius 2 is 1.64 bits per heavy atom. The molecule has 0 aliphatic carbocycles. The van der Waals surface area contributed by atoms with Crippen LogP contribution in [-0.2, 0) is 10.0 Å². The van der Waals surface area contributed by atoms with Gasteiger partial charge in [0, 0.05) is 25.8 Å². The maximum Gasteiger partial charge on any atom is 0.243 e. The number of aliphatic hydroxyl groups excluding tert-OH is 2. The Morgan fingerprint density at radius 1 is 1.05 bits per heavy atom. The number of aliphatic hydroxyl groups is 2. The largest absolute Gasteiger partial charge is 0.493 e. The molecule has 2 N–H and O–H groups in total. The second kappa shape index (κ2) is 8.33. The average molecular weight is 333 g/mol. The number of hydrogen-bond acceptors (Lipinski definition) is 6. The van der Waals surface area contributed by atoms with Gasteiger partial charge in [0.05, 0.1) is 25.7 Å². The van der Waals surface area contributed by atoms with Crippen LogP contribution >= 0.6 is 0 Å². The third-order valence-electron chi connectivity index (χ3n) is 3.21. The lowest BCUT2D eigenvalue weighted by Gasteiger charge is -2.22. The van der Waals surface area contributed by atoms with Gasteiger partial charge in [0.2, 0.25) is 10.0 Å². The molecule has 1 aromatic carbocycles. The van der Waals surface area contributed by atoms with Crippen molar-refractivity contribution in [2.24, 2.45) is 0 Å². The smallest absolute Gasteiger partial charge is 0.243 e. The summed E-state index contributed by atoms with van der Waals surface area (Å²) < 4.78 is 37.0. The van der Waals surface area contributed by atoms with Crippen molar-refractivity contribution >= 4 is 10.0 Å². The van der Waals surface area contributed by atoms with E-state index >= 15 is 0 Å². The SMILES string of the molecule is COc1cc(C)c(S(=O)(=O)N(CCO)CCCO)cc1OC. The van der Waals surface area contributed by atoms with Gasteiger partial charge < -0.3 is 19.7 Å². The highest BCUT2D eigenvalue weighted by atomic mass is 32.2. The fraction of sp³-hybridized carbons (Fsp3) is 0.571. The summed E-state index contributed by atoms with van der Waals surface area (Å²) in [6.07, 6.45) is 0.297. The number of rotatable bonds is 9. The Balaban J connectivity index is 3.30. The lowest BCUT2D eigenvalue weighted by Crippen LogP contribution is -2.35. The predicted octanol–water partition coefficient (Wildman–Crippen LogP) is 0.378. The minimum atomic E-state index is -3.80. The molecule has 0 spiro atoms. The quantitative estimate of drug-likeness (QED) is 0.678. The van der Waals surface area contributed by atoms with Crippen LogP contribution in [0.5, 0.6) is 11.5 Å². The zero-order valence-corrected chi connectivity index (χ0v) is 13.9. The standard InChI is InChI=1S/C14H23NO6S/c1-11-9-12(20-2)13(21-3)10-14(11)22(18,19)15(6-8-17)5-4-7-16/h9-10,16-17H,4-8H2,1-3H3. The fourth-order valence-corrected chi connectivity index (χ4v) is 3.78. The summed E-state index contributed by atoms with van der Waals surface area (Å²) in [7, 11) is -0.889. The van der Waals surface area contributed by atoms with Crippen LogP contribution in [0.4, 0.5) is 0 Å². The van der Waals surface area contributed by atoms with E-state index in [1.54, 1.807) is 13.0 Å². The zero-order valence-electron chi connectivity index (χ0n) is 13.1. The number of benzene rings is 1. The number of nitrogens with zero attached hydrogens (tertiary/aromatic N) is 1. The second-order valence-electron chi connectivity index (χ2n) is 4.68. The molecule has 1 rings (SSSR count). The lowest BCUT2D eigenvalue weighted by molar-refractivity contribution is 0.233. The molecule has 7 nitrogen and oxygen atoms in total. The van der Waals surface area contributed by atoms with Crippen molar-refractivity contribution in [2.75, 3.05) is 40.5 Å². The summed E-state index contributed by atoms with van der Waals surface area (Å²) in [5, 5.41) is 18.0. The van der Waals surface area contributed by atoms with Gasteiger partial charge in [-0.3, -0.25) is 0 Å². The van der Waals surface area contributed by atoms with Crippen molar-refractivity contribution in [2.45, 2.75) is 18.2 Å². The van der Waals surface area contributed by atoms with Gasteiger partial charge in [0.25, 0.3) is 0 Å². The summed E-state index contributed by atoms with van der Waals surface area (Å²) in [5.74, 6) is 0.765. The maximum atomic E-state index is 12.8. The van der Waals surface area contributed by atoms with Crippen LogP contribution in [-0.4, -0.2) is 63.5 Å². The molecule has 0 aliphatic heterocycles. The van der Waals surface area contributed by atoms with E-state index in [0.717, 1.165) is 4.31 Å². The van der Waals surface area contributed by atoms with E-state index in [0.29, 0.717) is 23.5 Å². The van der Waals surface area contributed by atoms with Crippen LogP contribution in [0.2, 0.25) is 0 Å². The molecule has 0 saturated heterocycles. The molecule has 0 heterocycles. The Labute approximate surface area is 131 Å². The minimum absolute atomic E-state index is 0.0316. The molecule has 0 aliphatic rings. The molecule has 8 heteroatoms. The van der Waals surface area contributed by atoms with Crippen LogP contribution in [0.15, 0.2) is 17.0 Å².